The summed E-state index contributed by atoms with van der Waals surface area (Å²) in [4.78, 5) is 23.5. The van der Waals surface area contributed by atoms with Crippen LogP contribution in [0.4, 0.5) is 0 Å². The molecule has 1 atom stereocenters. The van der Waals surface area contributed by atoms with Crippen molar-refractivity contribution in [2.75, 3.05) is 0 Å². The van der Waals surface area contributed by atoms with Crippen molar-refractivity contribution in [1.29, 1.82) is 0 Å². The number of carboxylic acid groups (broad SMARTS) is 1. The number of halogens is 1. The van der Waals surface area contributed by atoms with Crippen molar-refractivity contribution in [3.8, 4) is 0 Å². The highest BCUT2D eigenvalue weighted by atomic mass is 127. The van der Waals surface area contributed by atoms with E-state index in [9.17, 15) is 14.7 Å². The van der Waals surface area contributed by atoms with Gasteiger partial charge in [-0.3, -0.25) is 4.79 Å². The van der Waals surface area contributed by atoms with Crippen LogP contribution in [0.2, 0.25) is 0 Å². The smallest absolute Gasteiger partial charge is 0.326 e. The fourth-order valence-corrected chi connectivity index (χ4v) is 2.56. The first-order valence-corrected chi connectivity index (χ1v) is 7.48. The molecule has 2 N–H and O–H groups in total. The first kappa shape index (κ1) is 15.5. The Bertz CT molecular complexity index is 643. The SMILES string of the molecule is O=C(NC(Cc1ccccc1)C(=O)O)c1ccccc1I. The normalized spacial score (nSPS) is 11.7. The van der Waals surface area contributed by atoms with Crippen LogP contribution >= 0.6 is 22.6 Å². The van der Waals surface area contributed by atoms with Crippen molar-refractivity contribution in [2.45, 2.75) is 12.5 Å². The molecule has 0 aliphatic heterocycles. The molecule has 0 radical (unpaired) electrons. The minimum Gasteiger partial charge on any atom is -0.480 e. The molecule has 0 bridgehead atoms. The van der Waals surface area contributed by atoms with Crippen LogP contribution in [-0.4, -0.2) is 23.0 Å². The van der Waals surface area contributed by atoms with E-state index in [0.29, 0.717) is 5.56 Å². The Hall–Kier alpha value is -1.89. The summed E-state index contributed by atoms with van der Waals surface area (Å²) in [5.74, 6) is -1.42. The van der Waals surface area contributed by atoms with Gasteiger partial charge in [0, 0.05) is 9.99 Å². The number of carboxylic acids is 1. The minimum absolute atomic E-state index is 0.255. The van der Waals surface area contributed by atoms with Crippen molar-refractivity contribution in [1.82, 2.24) is 5.32 Å². The van der Waals surface area contributed by atoms with Crippen LogP contribution < -0.4 is 5.32 Å². The van der Waals surface area contributed by atoms with Crippen molar-refractivity contribution >= 4 is 34.5 Å². The number of aliphatic carboxylic acids is 1. The van der Waals surface area contributed by atoms with E-state index in [1.165, 1.54) is 0 Å². The molecule has 0 saturated heterocycles. The summed E-state index contributed by atoms with van der Waals surface area (Å²) in [7, 11) is 0. The minimum atomic E-state index is -1.04. The molecule has 0 aliphatic carbocycles. The number of benzene rings is 2. The molecular weight excluding hydrogens is 381 g/mol. The average molecular weight is 395 g/mol. The van der Waals surface area contributed by atoms with Gasteiger partial charge in [-0.1, -0.05) is 42.5 Å². The van der Waals surface area contributed by atoms with Gasteiger partial charge in [-0.2, -0.15) is 0 Å². The van der Waals surface area contributed by atoms with Gasteiger partial charge in [-0.05, 0) is 40.3 Å². The third-order valence-corrected chi connectivity index (χ3v) is 3.95. The van der Waals surface area contributed by atoms with Gasteiger partial charge >= 0.3 is 5.97 Å². The first-order valence-electron chi connectivity index (χ1n) is 6.40. The lowest BCUT2D eigenvalue weighted by atomic mass is 10.1. The third-order valence-electron chi connectivity index (χ3n) is 3.00. The predicted octanol–water partition coefficient (Wildman–Crippen LogP) is 2.72. The molecule has 0 heterocycles. The second-order valence-corrected chi connectivity index (χ2v) is 5.70. The zero-order chi connectivity index (χ0) is 15.2. The number of carbonyl (C=O) groups is 2. The summed E-state index contributed by atoms with van der Waals surface area (Å²) in [6, 6.07) is 15.4. The maximum atomic E-state index is 12.2. The second kappa shape index (κ2) is 7.21. The van der Waals surface area contributed by atoms with E-state index in [0.717, 1.165) is 9.13 Å². The van der Waals surface area contributed by atoms with Gasteiger partial charge in [0.15, 0.2) is 0 Å². The maximum absolute atomic E-state index is 12.2. The van der Waals surface area contributed by atoms with Gasteiger partial charge in [0.1, 0.15) is 6.04 Å². The third kappa shape index (κ3) is 4.29. The Balaban J connectivity index is 2.12. The molecule has 0 aromatic heterocycles. The summed E-state index contributed by atoms with van der Waals surface area (Å²) in [5, 5.41) is 11.9. The molecule has 2 aromatic carbocycles. The van der Waals surface area contributed by atoms with Gasteiger partial charge in [0.05, 0.1) is 5.56 Å². The van der Waals surface area contributed by atoms with Crippen LogP contribution in [-0.2, 0) is 11.2 Å². The number of hydrogen-bond acceptors (Lipinski definition) is 2. The van der Waals surface area contributed by atoms with E-state index in [1.54, 1.807) is 12.1 Å². The van der Waals surface area contributed by atoms with Crippen LogP contribution in [0, 0.1) is 3.57 Å². The largest absolute Gasteiger partial charge is 0.480 e. The van der Waals surface area contributed by atoms with Crippen LogP contribution in [0.3, 0.4) is 0 Å². The van der Waals surface area contributed by atoms with Gasteiger partial charge < -0.3 is 10.4 Å². The lowest BCUT2D eigenvalue weighted by Crippen LogP contribution is -2.42. The molecule has 2 rings (SSSR count). The molecule has 2 aromatic rings. The molecule has 4 nitrogen and oxygen atoms in total. The summed E-state index contributed by atoms with van der Waals surface area (Å²) in [5.41, 5.74) is 1.35. The standard InChI is InChI=1S/C16H14INO3/c17-13-9-5-4-8-12(13)15(19)18-14(16(20)21)10-11-6-2-1-3-7-11/h1-9,14H,10H2,(H,18,19)(H,20,21). The monoisotopic (exact) mass is 395 g/mol. The lowest BCUT2D eigenvalue weighted by Gasteiger charge is -2.15. The number of nitrogens with one attached hydrogen (secondary N) is 1. The molecule has 5 heteroatoms. The summed E-state index contributed by atoms with van der Waals surface area (Å²) in [6.45, 7) is 0. The number of carbonyl (C=O) groups excluding carboxylic acids is 1. The van der Waals surface area contributed by atoms with E-state index >= 15 is 0 Å². The fraction of sp³-hybridized carbons (Fsp3) is 0.125. The van der Waals surface area contributed by atoms with Crippen molar-refractivity contribution in [3.05, 3.63) is 69.3 Å². The Morgan fingerprint density at radius 2 is 1.67 bits per heavy atom. The second-order valence-electron chi connectivity index (χ2n) is 4.53. The van der Waals surface area contributed by atoms with Crippen molar-refractivity contribution in [3.63, 3.8) is 0 Å². The van der Waals surface area contributed by atoms with Gasteiger partial charge in [0.25, 0.3) is 5.91 Å². The molecule has 0 spiro atoms. The van der Waals surface area contributed by atoms with E-state index in [4.69, 9.17) is 0 Å². The summed E-state index contributed by atoms with van der Waals surface area (Å²) >= 11 is 2.06. The molecule has 0 fully saturated rings. The van der Waals surface area contributed by atoms with Crippen LogP contribution in [0.25, 0.3) is 0 Å². The van der Waals surface area contributed by atoms with Crippen LogP contribution in [0.5, 0.6) is 0 Å². The first-order chi connectivity index (χ1) is 10.1. The highest BCUT2D eigenvalue weighted by Gasteiger charge is 2.21. The van der Waals surface area contributed by atoms with E-state index < -0.39 is 12.0 Å². The van der Waals surface area contributed by atoms with E-state index in [1.807, 2.05) is 42.5 Å². The number of amides is 1. The maximum Gasteiger partial charge on any atom is 0.326 e. The molecule has 108 valence electrons. The Labute approximate surface area is 136 Å². The molecule has 1 unspecified atom stereocenters. The summed E-state index contributed by atoms with van der Waals surface area (Å²) in [6.07, 6.45) is 0.255. The van der Waals surface area contributed by atoms with Crippen LogP contribution in [0.15, 0.2) is 54.6 Å². The van der Waals surface area contributed by atoms with Crippen molar-refractivity contribution < 1.29 is 14.7 Å². The van der Waals surface area contributed by atoms with E-state index in [2.05, 4.69) is 27.9 Å². The lowest BCUT2D eigenvalue weighted by molar-refractivity contribution is -0.139. The fourth-order valence-electron chi connectivity index (χ4n) is 1.93. The van der Waals surface area contributed by atoms with Crippen LogP contribution in [0.1, 0.15) is 15.9 Å². The topological polar surface area (TPSA) is 66.4 Å². The Kier molecular flexibility index (Phi) is 5.32. The molecule has 21 heavy (non-hydrogen) atoms. The van der Waals surface area contributed by atoms with E-state index in [-0.39, 0.29) is 12.3 Å². The van der Waals surface area contributed by atoms with Crippen molar-refractivity contribution in [2.24, 2.45) is 0 Å². The highest BCUT2D eigenvalue weighted by Crippen LogP contribution is 2.12. The molecule has 0 saturated carbocycles. The van der Waals surface area contributed by atoms with Gasteiger partial charge in [-0.15, -0.1) is 0 Å². The zero-order valence-electron chi connectivity index (χ0n) is 11.1. The van der Waals surface area contributed by atoms with Gasteiger partial charge in [0.2, 0.25) is 0 Å². The Morgan fingerprint density at radius 3 is 2.29 bits per heavy atom. The molecular formula is C16H14INO3. The predicted molar refractivity (Wildman–Crippen MR) is 88.2 cm³/mol. The Morgan fingerprint density at radius 1 is 1.05 bits per heavy atom. The van der Waals surface area contributed by atoms with Gasteiger partial charge in [-0.25, -0.2) is 4.79 Å². The quantitative estimate of drug-likeness (QED) is 0.766. The zero-order valence-corrected chi connectivity index (χ0v) is 13.3. The highest BCUT2D eigenvalue weighted by molar-refractivity contribution is 14.1. The molecule has 0 aliphatic rings. The summed E-state index contributed by atoms with van der Waals surface area (Å²) < 4.78 is 0.788. The average Bonchev–Trinajstić information content (AvgIpc) is 2.48. The molecule has 1 amide bonds. The number of rotatable bonds is 5. The number of hydrogen-bond donors (Lipinski definition) is 2.